The van der Waals surface area contributed by atoms with Gasteiger partial charge in [-0.3, -0.25) is 25.7 Å². The molecule has 0 aliphatic carbocycles. The molecule has 0 aliphatic heterocycles. The molecule has 0 atom stereocenters. The molecule has 118 valence electrons. The van der Waals surface area contributed by atoms with Gasteiger partial charge in [0.2, 0.25) is 5.75 Å². The largest absolute Gasteiger partial charge is 0.502 e. The van der Waals surface area contributed by atoms with Crippen molar-refractivity contribution in [3.05, 3.63) is 67.2 Å². The summed E-state index contributed by atoms with van der Waals surface area (Å²) < 4.78 is 0. The van der Waals surface area contributed by atoms with Crippen LogP contribution in [0.4, 0.5) is 17.1 Å². The molecule has 2 rings (SSSR count). The third-order valence-corrected chi connectivity index (χ3v) is 2.99. The summed E-state index contributed by atoms with van der Waals surface area (Å²) in [7, 11) is 0. The van der Waals surface area contributed by atoms with E-state index in [1.165, 1.54) is 24.3 Å². The summed E-state index contributed by atoms with van der Waals surface area (Å²) in [5.41, 5.74) is 1.81. The monoisotopic (exact) mass is 336 g/mol. The Labute approximate surface area is 134 Å². The van der Waals surface area contributed by atoms with Gasteiger partial charge in [0, 0.05) is 22.7 Å². The van der Waals surface area contributed by atoms with E-state index in [0.29, 0.717) is 0 Å². The van der Waals surface area contributed by atoms with Gasteiger partial charge in [0.05, 0.1) is 16.1 Å². The molecule has 0 spiro atoms. The third-order valence-electron chi connectivity index (χ3n) is 2.77. The first-order chi connectivity index (χ1) is 10.9. The van der Waals surface area contributed by atoms with Crippen molar-refractivity contribution in [1.82, 2.24) is 0 Å². The van der Waals surface area contributed by atoms with Crippen molar-refractivity contribution in [3.63, 3.8) is 0 Å². The number of phenolic OH excluding ortho intramolecular Hbond substituents is 1. The first-order valence-electron chi connectivity index (χ1n) is 6.09. The van der Waals surface area contributed by atoms with E-state index in [1.54, 1.807) is 6.07 Å². The molecule has 0 radical (unpaired) electrons. The zero-order valence-electron chi connectivity index (χ0n) is 11.3. The van der Waals surface area contributed by atoms with E-state index >= 15 is 0 Å². The van der Waals surface area contributed by atoms with Gasteiger partial charge in [-0.1, -0.05) is 23.7 Å². The van der Waals surface area contributed by atoms with Crippen molar-refractivity contribution < 1.29 is 15.0 Å². The Balaban J connectivity index is 2.29. The molecule has 2 aromatic rings. The topological polar surface area (TPSA) is 131 Å². The number of halogens is 1. The standard InChI is InChI=1S/C13H9ClN4O5/c14-9-5-8(13(19)12(6-9)18(22)23)7-15-16-10-3-1-2-4-11(10)17(20)21/h1-7,16,19H. The Bertz CT molecular complexity index is 809. The lowest BCUT2D eigenvalue weighted by Crippen LogP contribution is -1.97. The number of hydrogen-bond acceptors (Lipinski definition) is 7. The minimum atomic E-state index is -0.784. The van der Waals surface area contributed by atoms with Gasteiger partial charge in [-0.05, 0) is 12.1 Å². The zero-order chi connectivity index (χ0) is 17.0. The molecule has 0 saturated carbocycles. The van der Waals surface area contributed by atoms with E-state index in [2.05, 4.69) is 10.5 Å². The quantitative estimate of drug-likeness (QED) is 0.489. The molecule has 10 heteroatoms. The van der Waals surface area contributed by atoms with Gasteiger partial charge in [0.25, 0.3) is 5.69 Å². The molecule has 2 aromatic carbocycles. The van der Waals surface area contributed by atoms with E-state index in [4.69, 9.17) is 11.6 Å². The number of nitro benzene ring substituents is 2. The van der Waals surface area contributed by atoms with Crippen LogP contribution in [0.2, 0.25) is 5.02 Å². The molecule has 2 N–H and O–H groups in total. The average Bonchev–Trinajstić information content (AvgIpc) is 2.50. The Morgan fingerprint density at radius 2 is 1.78 bits per heavy atom. The molecule has 0 bridgehead atoms. The fourth-order valence-corrected chi connectivity index (χ4v) is 1.96. The lowest BCUT2D eigenvalue weighted by atomic mass is 10.2. The Morgan fingerprint density at radius 3 is 2.43 bits per heavy atom. The van der Waals surface area contributed by atoms with Crippen LogP contribution in [0, 0.1) is 20.2 Å². The molecular formula is C13H9ClN4O5. The molecule has 9 nitrogen and oxygen atoms in total. The van der Waals surface area contributed by atoms with Crippen LogP contribution < -0.4 is 5.43 Å². The first-order valence-corrected chi connectivity index (χ1v) is 6.47. The van der Waals surface area contributed by atoms with Crippen molar-refractivity contribution >= 4 is 34.9 Å². The summed E-state index contributed by atoms with van der Waals surface area (Å²) >= 11 is 5.74. The Hall–Kier alpha value is -3.20. The fraction of sp³-hybridized carbons (Fsp3) is 0. The Morgan fingerprint density at radius 1 is 1.13 bits per heavy atom. The second kappa shape index (κ2) is 6.71. The minimum absolute atomic E-state index is 0.00437. The predicted molar refractivity (Wildman–Crippen MR) is 84.1 cm³/mol. The molecule has 0 aliphatic rings. The summed E-state index contributed by atoms with van der Waals surface area (Å²) in [6, 6.07) is 8.08. The Kier molecular flexibility index (Phi) is 4.72. The number of hydrazone groups is 1. The summed E-state index contributed by atoms with van der Waals surface area (Å²) in [5.74, 6) is -0.604. The maximum absolute atomic E-state index is 10.9. The van der Waals surface area contributed by atoms with Crippen LogP contribution in [0.5, 0.6) is 5.75 Å². The van der Waals surface area contributed by atoms with Gasteiger partial charge in [0.1, 0.15) is 5.69 Å². The van der Waals surface area contributed by atoms with Crippen molar-refractivity contribution in [2.75, 3.05) is 5.43 Å². The third kappa shape index (κ3) is 3.71. The van der Waals surface area contributed by atoms with E-state index in [9.17, 15) is 25.3 Å². The highest BCUT2D eigenvalue weighted by atomic mass is 35.5. The molecule has 0 unspecified atom stereocenters. The first kappa shape index (κ1) is 16.2. The number of nitrogens with one attached hydrogen (secondary N) is 1. The SMILES string of the molecule is O=[N+]([O-])c1ccccc1NN=Cc1cc(Cl)cc([N+](=O)[O-])c1O. The van der Waals surface area contributed by atoms with Crippen LogP contribution in [-0.2, 0) is 0 Å². The summed E-state index contributed by atoms with van der Waals surface area (Å²) in [6.07, 6.45) is 1.07. The van der Waals surface area contributed by atoms with Gasteiger partial charge < -0.3 is 5.11 Å². The summed E-state index contributed by atoms with van der Waals surface area (Å²) in [5, 5.41) is 35.2. The van der Waals surface area contributed by atoms with Crippen LogP contribution in [-0.4, -0.2) is 21.2 Å². The van der Waals surface area contributed by atoms with Crippen molar-refractivity contribution in [3.8, 4) is 5.75 Å². The van der Waals surface area contributed by atoms with E-state index in [0.717, 1.165) is 12.3 Å². The molecule has 0 amide bonds. The molecule has 0 heterocycles. The average molecular weight is 337 g/mol. The van der Waals surface area contributed by atoms with Gasteiger partial charge in [-0.2, -0.15) is 5.10 Å². The molecule has 0 saturated heterocycles. The van der Waals surface area contributed by atoms with Crippen LogP contribution in [0.1, 0.15) is 5.56 Å². The minimum Gasteiger partial charge on any atom is -0.502 e. The lowest BCUT2D eigenvalue weighted by molar-refractivity contribution is -0.385. The van der Waals surface area contributed by atoms with E-state index in [1.807, 2.05) is 0 Å². The van der Waals surface area contributed by atoms with Crippen molar-refractivity contribution in [2.24, 2.45) is 5.10 Å². The smallest absolute Gasteiger partial charge is 0.312 e. The summed E-state index contributed by atoms with van der Waals surface area (Å²) in [4.78, 5) is 20.3. The van der Waals surface area contributed by atoms with Gasteiger partial charge >= 0.3 is 5.69 Å². The molecular weight excluding hydrogens is 328 g/mol. The van der Waals surface area contributed by atoms with Crippen LogP contribution in [0.15, 0.2) is 41.5 Å². The molecule has 23 heavy (non-hydrogen) atoms. The second-order valence-electron chi connectivity index (χ2n) is 4.26. The number of aromatic hydroxyl groups is 1. The number of phenols is 1. The van der Waals surface area contributed by atoms with Crippen molar-refractivity contribution in [2.45, 2.75) is 0 Å². The normalized spacial score (nSPS) is 10.7. The zero-order valence-corrected chi connectivity index (χ0v) is 12.1. The highest BCUT2D eigenvalue weighted by Crippen LogP contribution is 2.32. The fourth-order valence-electron chi connectivity index (χ4n) is 1.74. The maximum Gasteiger partial charge on any atom is 0.312 e. The van der Waals surface area contributed by atoms with Gasteiger partial charge in [-0.25, -0.2) is 0 Å². The molecule has 0 aromatic heterocycles. The number of anilines is 1. The van der Waals surface area contributed by atoms with Gasteiger partial charge in [-0.15, -0.1) is 0 Å². The summed E-state index contributed by atoms with van der Waals surface area (Å²) in [6.45, 7) is 0. The maximum atomic E-state index is 10.9. The second-order valence-corrected chi connectivity index (χ2v) is 4.70. The highest BCUT2D eigenvalue weighted by Gasteiger charge is 2.18. The van der Waals surface area contributed by atoms with Crippen LogP contribution in [0.3, 0.4) is 0 Å². The van der Waals surface area contributed by atoms with E-state index in [-0.39, 0.29) is 22.0 Å². The van der Waals surface area contributed by atoms with Crippen LogP contribution >= 0.6 is 11.6 Å². The van der Waals surface area contributed by atoms with E-state index < -0.39 is 21.3 Å². The number of rotatable bonds is 5. The lowest BCUT2D eigenvalue weighted by Gasteiger charge is -2.03. The van der Waals surface area contributed by atoms with Gasteiger partial charge in [0.15, 0.2) is 0 Å². The van der Waals surface area contributed by atoms with Crippen LogP contribution in [0.25, 0.3) is 0 Å². The number of para-hydroxylation sites is 2. The predicted octanol–water partition coefficient (Wildman–Crippen LogP) is 3.31. The number of nitrogens with zero attached hydrogens (tertiary/aromatic N) is 3. The van der Waals surface area contributed by atoms with Crippen molar-refractivity contribution in [1.29, 1.82) is 0 Å². The molecule has 0 fully saturated rings. The number of benzene rings is 2. The number of hydrogen-bond donors (Lipinski definition) is 2. The highest BCUT2D eigenvalue weighted by molar-refractivity contribution is 6.31. The number of nitro groups is 2.